The van der Waals surface area contributed by atoms with Gasteiger partial charge in [0.25, 0.3) is 6.29 Å². The van der Waals surface area contributed by atoms with Crippen molar-refractivity contribution < 1.29 is 23.7 Å². The maximum atomic E-state index is 10.6. The van der Waals surface area contributed by atoms with E-state index in [9.17, 15) is 4.79 Å². The maximum Gasteiger partial charge on any atom is 0.514 e. The van der Waals surface area contributed by atoms with Gasteiger partial charge in [-0.25, -0.2) is 4.79 Å². The highest BCUT2D eigenvalue weighted by atomic mass is 35.5. The summed E-state index contributed by atoms with van der Waals surface area (Å²) in [4.78, 5) is 19.3. The number of carbonyl (C=O) groups is 1. The van der Waals surface area contributed by atoms with Crippen molar-refractivity contribution in [3.05, 3.63) is 17.6 Å². The second-order valence-corrected chi connectivity index (χ2v) is 5.12. The topological polar surface area (TPSA) is 79.8 Å². The molecule has 1 atom stereocenters. The van der Waals surface area contributed by atoms with Gasteiger partial charge < -0.3 is 18.9 Å². The molecule has 1 aromatic heterocycles. The zero-order valence-corrected chi connectivity index (χ0v) is 12.2. The normalized spacial score (nSPS) is 15.7. The Morgan fingerprint density at radius 2 is 1.95 bits per heavy atom. The van der Waals surface area contributed by atoms with Gasteiger partial charge >= 0.3 is 6.16 Å². The number of rotatable bonds is 6. The van der Waals surface area contributed by atoms with Gasteiger partial charge in [-0.2, -0.15) is 9.97 Å². The monoisotopic (exact) mass is 318 g/mol. The van der Waals surface area contributed by atoms with Gasteiger partial charge in [-0.3, -0.25) is 0 Å². The van der Waals surface area contributed by atoms with Gasteiger partial charge in [0.05, 0.1) is 20.3 Å². The summed E-state index contributed by atoms with van der Waals surface area (Å²) in [5.74, 6) is 0.703. The Kier molecular flexibility index (Phi) is 4.56. The average molecular weight is 319 g/mol. The molecule has 108 valence electrons. The van der Waals surface area contributed by atoms with Gasteiger partial charge in [0.2, 0.25) is 11.8 Å². The van der Waals surface area contributed by atoms with Crippen molar-refractivity contribution in [2.24, 2.45) is 0 Å². The third-order valence-electron chi connectivity index (χ3n) is 2.27. The molecule has 0 amide bonds. The molecule has 0 saturated carbocycles. The minimum absolute atomic E-state index is 0.350. The summed E-state index contributed by atoms with van der Waals surface area (Å²) in [6.07, 6.45) is -1.59. The number of carbonyl (C=O) groups excluding carboxylic acids is 1. The van der Waals surface area contributed by atoms with Crippen LogP contribution in [0.25, 0.3) is 0 Å². The molecular formula is C11H11ClN2O5S. The average Bonchev–Trinajstić information content (AvgIpc) is 2.42. The molecule has 0 bridgehead atoms. The van der Waals surface area contributed by atoms with Crippen LogP contribution in [0.1, 0.15) is 0 Å². The first kappa shape index (κ1) is 14.7. The highest BCUT2D eigenvalue weighted by molar-refractivity contribution is 8.03. The van der Waals surface area contributed by atoms with Gasteiger partial charge in [-0.15, -0.1) is 11.6 Å². The third-order valence-corrected chi connectivity index (χ3v) is 3.75. The van der Waals surface area contributed by atoms with Crippen LogP contribution in [0.3, 0.4) is 0 Å². The summed E-state index contributed by atoms with van der Waals surface area (Å²) in [6, 6.07) is 1.54. The zero-order valence-electron chi connectivity index (χ0n) is 10.7. The number of alkyl halides is 1. The number of methoxy groups -OCH3 is 2. The van der Waals surface area contributed by atoms with E-state index in [-0.39, 0.29) is 0 Å². The predicted molar refractivity (Wildman–Crippen MR) is 71.1 cm³/mol. The fourth-order valence-electron chi connectivity index (χ4n) is 1.28. The Morgan fingerprint density at radius 1 is 1.40 bits per heavy atom. The molecule has 1 saturated heterocycles. The largest absolute Gasteiger partial charge is 0.514 e. The van der Waals surface area contributed by atoms with Crippen LogP contribution in [0.2, 0.25) is 0 Å². The fourth-order valence-corrected chi connectivity index (χ4v) is 2.25. The number of nitrogens with zero attached hydrogens (tertiary/aromatic N) is 2. The zero-order chi connectivity index (χ0) is 14.7. The van der Waals surface area contributed by atoms with E-state index in [4.69, 9.17) is 30.5 Å². The summed E-state index contributed by atoms with van der Waals surface area (Å²) in [5.41, 5.74) is 0. The standard InChI is InChI=1S/C11H11ClN2O5S/c1-5(8(12)9-18-11(15)19-9)20-10-13-6(16-2)4-7(14-10)17-3/h4,8-9H,1H2,2-3H3. The van der Waals surface area contributed by atoms with E-state index in [1.165, 1.54) is 14.2 Å². The van der Waals surface area contributed by atoms with E-state index in [1.54, 1.807) is 6.07 Å². The van der Waals surface area contributed by atoms with Crippen molar-refractivity contribution in [3.63, 3.8) is 0 Å². The highest BCUT2D eigenvalue weighted by Crippen LogP contribution is 2.34. The van der Waals surface area contributed by atoms with Crippen molar-refractivity contribution in [1.82, 2.24) is 9.97 Å². The molecule has 0 aromatic carbocycles. The molecule has 2 heterocycles. The molecule has 0 N–H and O–H groups in total. The molecule has 20 heavy (non-hydrogen) atoms. The van der Waals surface area contributed by atoms with Gasteiger partial charge in [0.1, 0.15) is 5.38 Å². The third kappa shape index (κ3) is 3.26. The number of hydrogen-bond acceptors (Lipinski definition) is 8. The van der Waals surface area contributed by atoms with E-state index in [2.05, 4.69) is 16.5 Å². The van der Waals surface area contributed by atoms with Crippen molar-refractivity contribution in [2.45, 2.75) is 16.8 Å². The number of hydrogen-bond donors (Lipinski definition) is 0. The summed E-state index contributed by atoms with van der Waals surface area (Å²) < 4.78 is 19.4. The van der Waals surface area contributed by atoms with Crippen LogP contribution >= 0.6 is 23.4 Å². The van der Waals surface area contributed by atoms with Crippen molar-refractivity contribution in [3.8, 4) is 11.8 Å². The molecule has 2 rings (SSSR count). The van der Waals surface area contributed by atoms with Gasteiger partial charge in [-0.05, 0) is 0 Å². The molecule has 1 aromatic rings. The fraction of sp³-hybridized carbons (Fsp3) is 0.364. The van der Waals surface area contributed by atoms with Crippen LogP contribution in [0.5, 0.6) is 11.8 Å². The van der Waals surface area contributed by atoms with Crippen LogP contribution in [0.4, 0.5) is 4.79 Å². The Bertz CT molecular complexity index is 511. The van der Waals surface area contributed by atoms with E-state index in [0.717, 1.165) is 11.8 Å². The summed E-state index contributed by atoms with van der Waals surface area (Å²) in [5, 5.41) is -0.360. The van der Waals surface area contributed by atoms with Crippen LogP contribution in [0.15, 0.2) is 22.7 Å². The number of halogens is 1. The molecule has 0 radical (unpaired) electrons. The number of thioether (sulfide) groups is 1. The lowest BCUT2D eigenvalue weighted by Gasteiger charge is -2.29. The van der Waals surface area contributed by atoms with E-state index < -0.39 is 17.8 Å². The number of cyclic esters (lactones) is 2. The minimum atomic E-state index is -0.836. The summed E-state index contributed by atoms with van der Waals surface area (Å²) >= 11 is 7.16. The second kappa shape index (κ2) is 6.19. The Labute approximate surface area is 124 Å². The Morgan fingerprint density at radius 3 is 2.40 bits per heavy atom. The van der Waals surface area contributed by atoms with Crippen LogP contribution in [-0.4, -0.2) is 42.0 Å². The van der Waals surface area contributed by atoms with Gasteiger partial charge in [0.15, 0.2) is 5.16 Å². The molecular weight excluding hydrogens is 308 g/mol. The smallest absolute Gasteiger partial charge is 0.481 e. The van der Waals surface area contributed by atoms with Crippen molar-refractivity contribution in [1.29, 1.82) is 0 Å². The first-order chi connectivity index (χ1) is 9.53. The van der Waals surface area contributed by atoms with Gasteiger partial charge in [-0.1, -0.05) is 18.3 Å². The summed E-state index contributed by atoms with van der Waals surface area (Å²) in [6.45, 7) is 3.79. The van der Waals surface area contributed by atoms with Crippen LogP contribution in [-0.2, 0) is 9.47 Å². The van der Waals surface area contributed by atoms with Crippen molar-refractivity contribution >= 4 is 29.5 Å². The molecule has 1 unspecified atom stereocenters. The van der Waals surface area contributed by atoms with E-state index in [0.29, 0.717) is 21.8 Å². The minimum Gasteiger partial charge on any atom is -0.481 e. The maximum absolute atomic E-state index is 10.6. The molecule has 0 spiro atoms. The van der Waals surface area contributed by atoms with Crippen molar-refractivity contribution in [2.75, 3.05) is 14.2 Å². The SMILES string of the molecule is C=C(Sc1nc(OC)cc(OC)n1)C(Cl)C1OC(=O)O1. The molecule has 1 fully saturated rings. The predicted octanol–water partition coefficient (Wildman–Crippen LogP) is 2.20. The van der Waals surface area contributed by atoms with Crippen LogP contribution < -0.4 is 9.47 Å². The lowest BCUT2D eigenvalue weighted by Crippen LogP contribution is -2.42. The number of aromatic nitrogens is 2. The molecule has 7 nitrogen and oxygen atoms in total. The summed E-state index contributed by atoms with van der Waals surface area (Å²) in [7, 11) is 2.97. The first-order valence-corrected chi connectivity index (χ1v) is 6.64. The second-order valence-electron chi connectivity index (χ2n) is 3.56. The first-order valence-electron chi connectivity index (χ1n) is 5.38. The Hall–Kier alpha value is -1.67. The van der Waals surface area contributed by atoms with Crippen LogP contribution in [0, 0.1) is 0 Å². The Balaban J connectivity index is 2.05. The number of ether oxygens (including phenoxy) is 4. The van der Waals surface area contributed by atoms with E-state index in [1.807, 2.05) is 0 Å². The lowest BCUT2D eigenvalue weighted by atomic mass is 10.4. The molecule has 0 aliphatic carbocycles. The van der Waals surface area contributed by atoms with E-state index >= 15 is 0 Å². The quantitative estimate of drug-likeness (QED) is 0.342. The van der Waals surface area contributed by atoms with Gasteiger partial charge in [0, 0.05) is 4.91 Å². The molecule has 1 aliphatic rings. The lowest BCUT2D eigenvalue weighted by molar-refractivity contribution is -0.177. The molecule has 9 heteroatoms. The highest BCUT2D eigenvalue weighted by Gasteiger charge is 2.38. The molecule has 1 aliphatic heterocycles.